The first-order valence-electron chi connectivity index (χ1n) is 26.2. The molecule has 434 valence electrons. The van der Waals surface area contributed by atoms with Crippen molar-refractivity contribution in [3.05, 3.63) is 107 Å². The minimum atomic E-state index is -4.46. The molecule has 0 saturated carbocycles. The number of likely N-dealkylation sites (tertiary alicyclic amines) is 2. The third kappa shape index (κ3) is 19.1. The molecule has 0 aliphatic carbocycles. The molecule has 14 nitrogen and oxygen atoms in total. The standard InChI is InChI=1S/C30H37F3N2O4.C29H35F3N2O4.Li.2H2O/c1-18(2)11-25(35-10-9-24(15-27(35)37)30(31,32)33)26(36)13-21(14-28(38)39-5)22-12-23(17-34-16-22)29-19(3)7-6-8-20(29)4;1-17(2)10-24(34-9-8-23(14-26(34)36)29(30,31)32)25(35)12-20(13-27(37)38)21-11-22(16-33-15-21)28-18(3)6-5-7-19(28)4;;;/h6-8,12,16-18,21,24-25H,9-11,13-15H2,1-5H3;5-7,11,15-17,20,23-24H,8-10,12-14H2,1-4H3,(H,37,38);;2*1H2/q;;+1;;/p-1/t21-,24?,25-;20-,23?,24-;;;/m00.../s1. The number of amides is 2. The molecular weight excluding hydrogens is 1050 g/mol. The molecular formula is C59H75F6LiN4O10. The number of benzene rings is 2. The van der Waals surface area contributed by atoms with Crippen molar-refractivity contribution in [1.82, 2.24) is 19.8 Å². The normalized spacial score (nSPS) is 17.2. The molecule has 0 spiro atoms. The number of hydrogen-bond donors (Lipinski definition) is 1. The van der Waals surface area contributed by atoms with Crippen LogP contribution in [0.5, 0.6) is 0 Å². The minimum absolute atomic E-state index is 0. The van der Waals surface area contributed by atoms with E-state index in [0.717, 1.165) is 44.5 Å². The van der Waals surface area contributed by atoms with Crippen molar-refractivity contribution in [2.45, 2.75) is 156 Å². The molecule has 80 heavy (non-hydrogen) atoms. The number of hydrogen-bond acceptors (Lipinski definition) is 10. The molecule has 2 saturated heterocycles. The van der Waals surface area contributed by atoms with Crippen LogP contribution < -0.4 is 18.9 Å². The fourth-order valence-corrected chi connectivity index (χ4v) is 10.7. The molecule has 2 aromatic heterocycles. The predicted molar refractivity (Wildman–Crippen MR) is 285 cm³/mol. The molecule has 4 heterocycles. The van der Waals surface area contributed by atoms with Crippen molar-refractivity contribution < 1.29 is 94.8 Å². The molecule has 0 bridgehead atoms. The quantitative estimate of drug-likeness (QED) is 0.0503. The molecule has 2 aliphatic heterocycles. The number of aliphatic carboxylic acids is 1. The van der Waals surface area contributed by atoms with Crippen LogP contribution in [0.4, 0.5) is 26.3 Å². The van der Waals surface area contributed by atoms with Gasteiger partial charge in [0.25, 0.3) is 0 Å². The van der Waals surface area contributed by atoms with E-state index in [9.17, 15) is 60.2 Å². The van der Waals surface area contributed by atoms with Gasteiger partial charge < -0.3 is 30.6 Å². The van der Waals surface area contributed by atoms with Crippen LogP contribution in [-0.4, -0.2) is 116 Å². The van der Waals surface area contributed by atoms with Gasteiger partial charge in [-0.3, -0.25) is 38.7 Å². The van der Waals surface area contributed by atoms with Gasteiger partial charge in [0.1, 0.15) is 0 Å². The number of rotatable bonds is 20. The number of nitrogens with zero attached hydrogens (tertiary/aromatic N) is 4. The van der Waals surface area contributed by atoms with E-state index in [-0.39, 0.29) is 105 Å². The first-order valence-corrected chi connectivity index (χ1v) is 26.2. The Bertz CT molecular complexity index is 2720. The molecule has 2 amide bonds. The van der Waals surface area contributed by atoms with Crippen LogP contribution in [0, 0.1) is 51.4 Å². The van der Waals surface area contributed by atoms with Crippen molar-refractivity contribution in [3.8, 4) is 22.3 Å². The van der Waals surface area contributed by atoms with Crippen molar-refractivity contribution in [2.24, 2.45) is 23.7 Å². The SMILES string of the molecule is COC(=O)C[C@H](CC(=O)[C@H](CC(C)C)N1CCC(C(F)(F)F)CC1=O)c1cncc(-c2c(C)cccc2C)c1.Cc1cccc(C)c1-c1cncc([C@H](CC(=O)O)CC(=O)[C@H](CC(C)C)N2CCC(C(F)(F)F)CC2=O)c1.O.[Li+].[OH-]. The number of aryl methyl sites for hydroxylation is 4. The number of pyridine rings is 2. The number of ketones is 2. The van der Waals surface area contributed by atoms with Gasteiger partial charge in [-0.25, -0.2) is 0 Å². The molecule has 0 radical (unpaired) electrons. The third-order valence-electron chi connectivity index (χ3n) is 14.7. The average Bonchev–Trinajstić information content (AvgIpc) is 3.34. The largest absolute Gasteiger partial charge is 1.00 e. The second-order valence-electron chi connectivity index (χ2n) is 21.6. The molecule has 2 aliphatic rings. The number of aromatic nitrogens is 2. The molecule has 4 aromatic rings. The maximum atomic E-state index is 13.7. The summed E-state index contributed by atoms with van der Waals surface area (Å²) in [5.74, 6) is -8.19. The van der Waals surface area contributed by atoms with Gasteiger partial charge in [0.15, 0.2) is 11.6 Å². The zero-order valence-corrected chi connectivity index (χ0v) is 47.3. The summed E-state index contributed by atoms with van der Waals surface area (Å²) < 4.78 is 84.2. The zero-order chi connectivity index (χ0) is 57.1. The summed E-state index contributed by atoms with van der Waals surface area (Å²) in [7, 11) is 1.28. The average molecular weight is 1120 g/mol. The van der Waals surface area contributed by atoms with Crippen LogP contribution in [0.25, 0.3) is 22.3 Å². The van der Waals surface area contributed by atoms with Crippen LogP contribution in [0.1, 0.15) is 137 Å². The maximum Gasteiger partial charge on any atom is 1.00 e. The van der Waals surface area contributed by atoms with Gasteiger partial charge in [-0.1, -0.05) is 64.1 Å². The Hall–Kier alpha value is -5.94. The van der Waals surface area contributed by atoms with Gasteiger partial charge in [-0.2, -0.15) is 26.3 Å². The fourth-order valence-electron chi connectivity index (χ4n) is 10.7. The van der Waals surface area contributed by atoms with Crippen molar-refractivity contribution in [3.63, 3.8) is 0 Å². The van der Waals surface area contributed by atoms with Gasteiger partial charge in [-0.05, 0) is 122 Å². The van der Waals surface area contributed by atoms with E-state index in [4.69, 9.17) is 4.74 Å². The number of carbonyl (C=O) groups is 6. The number of Topliss-reactive ketones (excluding diaryl/α,β-unsaturated/α-hetero) is 2. The van der Waals surface area contributed by atoms with Gasteiger partial charge in [0.05, 0.1) is 43.9 Å². The number of methoxy groups -OCH3 is 1. The molecule has 4 N–H and O–H groups in total. The summed E-state index contributed by atoms with van der Waals surface area (Å²) in [5, 5.41) is 9.61. The Kier molecular flexibility index (Phi) is 27.0. The number of carbonyl (C=O) groups excluding carboxylic acids is 5. The van der Waals surface area contributed by atoms with Crippen LogP contribution in [0.15, 0.2) is 73.3 Å². The maximum absolute atomic E-state index is 13.7. The predicted octanol–water partition coefficient (Wildman–Crippen LogP) is 8.29. The monoisotopic (exact) mass is 1120 g/mol. The van der Waals surface area contributed by atoms with E-state index in [1.165, 1.54) is 16.9 Å². The van der Waals surface area contributed by atoms with Crippen molar-refractivity contribution in [2.75, 3.05) is 20.2 Å². The summed E-state index contributed by atoms with van der Waals surface area (Å²) in [4.78, 5) is 88.3. The first-order chi connectivity index (χ1) is 36.1. The molecule has 2 aromatic carbocycles. The Morgan fingerprint density at radius 2 is 0.975 bits per heavy atom. The second-order valence-corrected chi connectivity index (χ2v) is 21.6. The smallest absolute Gasteiger partial charge is 0.870 e. The van der Waals surface area contributed by atoms with E-state index in [1.807, 2.05) is 104 Å². The van der Waals surface area contributed by atoms with E-state index in [0.29, 0.717) is 24.0 Å². The number of alkyl halides is 6. The Morgan fingerprint density at radius 3 is 1.27 bits per heavy atom. The molecule has 21 heteroatoms. The van der Waals surface area contributed by atoms with E-state index in [2.05, 4.69) is 9.97 Å². The first kappa shape index (κ1) is 70.2. The van der Waals surface area contributed by atoms with Gasteiger partial charge in [0, 0.05) is 86.5 Å². The van der Waals surface area contributed by atoms with E-state index >= 15 is 0 Å². The Morgan fingerprint density at radius 1 is 0.625 bits per heavy atom. The summed E-state index contributed by atoms with van der Waals surface area (Å²) in [6, 6.07) is 13.9. The van der Waals surface area contributed by atoms with Crippen molar-refractivity contribution >= 4 is 35.3 Å². The topological polar surface area (TPSA) is 226 Å². The van der Waals surface area contributed by atoms with Crippen LogP contribution >= 0.6 is 0 Å². The molecule has 2 fully saturated rings. The van der Waals surface area contributed by atoms with Gasteiger partial charge in [0.2, 0.25) is 11.8 Å². The van der Waals surface area contributed by atoms with Gasteiger partial charge >= 0.3 is 43.2 Å². The third-order valence-corrected chi connectivity index (χ3v) is 14.7. The van der Waals surface area contributed by atoms with Crippen LogP contribution in [0.2, 0.25) is 0 Å². The second kappa shape index (κ2) is 30.8. The Balaban J connectivity index is 0.000000527. The van der Waals surface area contributed by atoms with Gasteiger partial charge in [-0.15, -0.1) is 0 Å². The number of esters is 1. The number of ether oxygens (including phenoxy) is 1. The van der Waals surface area contributed by atoms with E-state index < -0.39 is 84.7 Å². The Labute approximate surface area is 476 Å². The fraction of sp³-hybridized carbons (Fsp3) is 0.525. The summed E-state index contributed by atoms with van der Waals surface area (Å²) in [6.45, 7) is 15.2. The zero-order valence-electron chi connectivity index (χ0n) is 47.3. The number of carboxylic acid groups (broad SMARTS) is 1. The number of halogens is 6. The summed E-state index contributed by atoms with van der Waals surface area (Å²) in [6.07, 6.45) is -4.11. The number of carboxylic acids is 1. The van der Waals surface area contributed by atoms with Crippen LogP contribution in [0.3, 0.4) is 0 Å². The summed E-state index contributed by atoms with van der Waals surface area (Å²) in [5.41, 5.74) is 9.13. The summed E-state index contributed by atoms with van der Waals surface area (Å²) >= 11 is 0. The molecule has 6 atom stereocenters. The van der Waals surface area contributed by atoms with Crippen LogP contribution in [-0.2, 0) is 33.5 Å². The van der Waals surface area contributed by atoms with E-state index in [1.54, 1.807) is 24.8 Å². The molecule has 6 rings (SSSR count). The van der Waals surface area contributed by atoms with Crippen molar-refractivity contribution in [1.29, 1.82) is 0 Å². The molecule has 2 unspecified atom stereocenters. The number of piperidine rings is 2. The minimum Gasteiger partial charge on any atom is -0.870 e.